The zero-order valence-electron chi connectivity index (χ0n) is 12.0. The van der Waals surface area contributed by atoms with Crippen LogP contribution in [0.3, 0.4) is 0 Å². The Hall–Kier alpha value is -1.02. The van der Waals surface area contributed by atoms with Crippen molar-refractivity contribution in [2.24, 2.45) is 0 Å². The normalized spacial score (nSPS) is 12.4. The van der Waals surface area contributed by atoms with Gasteiger partial charge in [-0.1, -0.05) is 45.7 Å². The van der Waals surface area contributed by atoms with Crippen molar-refractivity contribution in [3.63, 3.8) is 0 Å². The van der Waals surface area contributed by atoms with Gasteiger partial charge in [-0.2, -0.15) is 0 Å². The number of aryl methyl sites for hydroxylation is 1. The molecular weight excluding hydrogens is 222 g/mol. The monoisotopic (exact) mass is 249 g/mol. The summed E-state index contributed by atoms with van der Waals surface area (Å²) in [6, 6.07) is 8.97. The van der Waals surface area contributed by atoms with Crippen molar-refractivity contribution >= 4 is 0 Å². The molecule has 0 aliphatic rings. The second kappa shape index (κ2) is 8.98. The van der Waals surface area contributed by atoms with E-state index in [1.807, 2.05) is 0 Å². The summed E-state index contributed by atoms with van der Waals surface area (Å²) in [5.41, 5.74) is 1.39. The van der Waals surface area contributed by atoms with Crippen molar-refractivity contribution in [3.05, 3.63) is 29.8 Å². The van der Waals surface area contributed by atoms with Crippen LogP contribution in [-0.4, -0.2) is 19.2 Å². The molecule has 0 saturated carbocycles. The number of hydrogen-bond acceptors (Lipinski definition) is 2. The third kappa shape index (κ3) is 5.54. The molecule has 0 fully saturated rings. The molecule has 1 atom stereocenters. The summed E-state index contributed by atoms with van der Waals surface area (Å²) in [5, 5.41) is 3.46. The fourth-order valence-electron chi connectivity index (χ4n) is 2.12. The number of nitrogens with one attached hydrogen (secondary N) is 1. The van der Waals surface area contributed by atoms with Crippen LogP contribution in [0.25, 0.3) is 0 Å². The van der Waals surface area contributed by atoms with Gasteiger partial charge in [0.1, 0.15) is 12.4 Å². The Kier molecular flexibility index (Phi) is 7.51. The Bertz CT molecular complexity index is 301. The van der Waals surface area contributed by atoms with E-state index in [1.54, 1.807) is 0 Å². The zero-order chi connectivity index (χ0) is 13.2. The topological polar surface area (TPSA) is 21.3 Å². The molecular formula is C16H27NO. The maximum atomic E-state index is 5.84. The van der Waals surface area contributed by atoms with E-state index in [1.165, 1.54) is 24.8 Å². The highest BCUT2D eigenvalue weighted by Gasteiger charge is 2.06. The Morgan fingerprint density at radius 3 is 2.33 bits per heavy atom. The molecule has 0 aliphatic carbocycles. The minimum absolute atomic E-state index is 0.468. The molecule has 102 valence electrons. The van der Waals surface area contributed by atoms with Crippen molar-refractivity contribution in [3.8, 4) is 5.75 Å². The average molecular weight is 249 g/mol. The van der Waals surface area contributed by atoms with E-state index in [0.29, 0.717) is 6.04 Å². The second-order valence-corrected chi connectivity index (χ2v) is 4.75. The molecule has 0 spiro atoms. The van der Waals surface area contributed by atoms with Crippen LogP contribution < -0.4 is 10.1 Å². The Morgan fingerprint density at radius 2 is 1.78 bits per heavy atom. The SMILES string of the molecule is CCCc1ccc(OCC(CCC)NCC)cc1. The molecule has 1 aromatic rings. The summed E-state index contributed by atoms with van der Waals surface area (Å²) in [6.45, 7) is 8.32. The summed E-state index contributed by atoms with van der Waals surface area (Å²) in [6.07, 6.45) is 4.70. The maximum absolute atomic E-state index is 5.84. The van der Waals surface area contributed by atoms with Gasteiger partial charge in [0.25, 0.3) is 0 Å². The standard InChI is InChI=1S/C16H27NO/c1-4-7-14-9-11-16(12-10-14)18-13-15(8-5-2)17-6-3/h9-12,15,17H,4-8,13H2,1-3H3. The summed E-state index contributed by atoms with van der Waals surface area (Å²) < 4.78 is 5.84. The number of rotatable bonds is 9. The van der Waals surface area contributed by atoms with Gasteiger partial charge < -0.3 is 10.1 Å². The summed E-state index contributed by atoms with van der Waals surface area (Å²) >= 11 is 0. The second-order valence-electron chi connectivity index (χ2n) is 4.75. The van der Waals surface area contributed by atoms with E-state index in [9.17, 15) is 0 Å². The Labute approximate surface area is 112 Å². The molecule has 1 unspecified atom stereocenters. The lowest BCUT2D eigenvalue weighted by Gasteiger charge is -2.17. The van der Waals surface area contributed by atoms with Crippen molar-refractivity contribution < 1.29 is 4.74 Å². The first-order valence-corrected chi connectivity index (χ1v) is 7.25. The predicted molar refractivity (Wildman–Crippen MR) is 78.3 cm³/mol. The molecule has 0 radical (unpaired) electrons. The van der Waals surface area contributed by atoms with Crippen LogP contribution in [0, 0.1) is 0 Å². The van der Waals surface area contributed by atoms with Crippen LogP contribution in [0.5, 0.6) is 5.75 Å². The van der Waals surface area contributed by atoms with Crippen LogP contribution in [0.2, 0.25) is 0 Å². The molecule has 0 bridgehead atoms. The molecule has 2 nitrogen and oxygen atoms in total. The summed E-state index contributed by atoms with van der Waals surface area (Å²) in [4.78, 5) is 0. The number of benzene rings is 1. The molecule has 1 N–H and O–H groups in total. The van der Waals surface area contributed by atoms with Gasteiger partial charge in [-0.3, -0.25) is 0 Å². The van der Waals surface area contributed by atoms with Gasteiger partial charge in [-0.25, -0.2) is 0 Å². The van der Waals surface area contributed by atoms with E-state index < -0.39 is 0 Å². The molecule has 0 saturated heterocycles. The van der Waals surface area contributed by atoms with E-state index in [4.69, 9.17) is 4.74 Å². The molecule has 0 heterocycles. The van der Waals surface area contributed by atoms with Crippen LogP contribution >= 0.6 is 0 Å². The molecule has 1 aromatic carbocycles. The fraction of sp³-hybridized carbons (Fsp3) is 0.625. The van der Waals surface area contributed by atoms with E-state index in [2.05, 4.69) is 50.4 Å². The lowest BCUT2D eigenvalue weighted by molar-refractivity contribution is 0.257. The molecule has 0 aromatic heterocycles. The first-order valence-electron chi connectivity index (χ1n) is 7.25. The van der Waals surface area contributed by atoms with E-state index in [0.717, 1.165) is 25.3 Å². The third-order valence-electron chi connectivity index (χ3n) is 3.04. The zero-order valence-corrected chi connectivity index (χ0v) is 12.0. The van der Waals surface area contributed by atoms with Gasteiger partial charge in [0.05, 0.1) is 0 Å². The summed E-state index contributed by atoms with van der Waals surface area (Å²) in [7, 11) is 0. The summed E-state index contributed by atoms with van der Waals surface area (Å²) in [5.74, 6) is 0.980. The van der Waals surface area contributed by atoms with Gasteiger partial charge in [0.2, 0.25) is 0 Å². The van der Waals surface area contributed by atoms with Gasteiger partial charge in [0.15, 0.2) is 0 Å². The third-order valence-corrected chi connectivity index (χ3v) is 3.04. The molecule has 0 amide bonds. The predicted octanol–water partition coefficient (Wildman–Crippen LogP) is 3.80. The Morgan fingerprint density at radius 1 is 1.06 bits per heavy atom. The van der Waals surface area contributed by atoms with Gasteiger partial charge >= 0.3 is 0 Å². The highest BCUT2D eigenvalue weighted by molar-refractivity contribution is 5.27. The lowest BCUT2D eigenvalue weighted by Crippen LogP contribution is -2.34. The smallest absolute Gasteiger partial charge is 0.119 e. The van der Waals surface area contributed by atoms with Crippen molar-refractivity contribution in [1.82, 2.24) is 5.32 Å². The van der Waals surface area contributed by atoms with Gasteiger partial charge in [-0.15, -0.1) is 0 Å². The van der Waals surface area contributed by atoms with Crippen molar-refractivity contribution in [2.45, 2.75) is 52.5 Å². The maximum Gasteiger partial charge on any atom is 0.119 e. The van der Waals surface area contributed by atoms with Gasteiger partial charge in [0, 0.05) is 6.04 Å². The van der Waals surface area contributed by atoms with Crippen LogP contribution in [-0.2, 0) is 6.42 Å². The average Bonchev–Trinajstić information content (AvgIpc) is 2.38. The number of hydrogen-bond donors (Lipinski definition) is 1. The van der Waals surface area contributed by atoms with Gasteiger partial charge in [-0.05, 0) is 37.1 Å². The first-order chi connectivity index (χ1) is 8.80. The number of ether oxygens (including phenoxy) is 1. The van der Waals surface area contributed by atoms with E-state index >= 15 is 0 Å². The molecule has 0 aliphatic heterocycles. The molecule has 18 heavy (non-hydrogen) atoms. The quantitative estimate of drug-likeness (QED) is 0.719. The molecule has 1 rings (SSSR count). The lowest BCUT2D eigenvalue weighted by atomic mass is 10.1. The highest BCUT2D eigenvalue weighted by atomic mass is 16.5. The highest BCUT2D eigenvalue weighted by Crippen LogP contribution is 2.14. The fourth-order valence-corrected chi connectivity index (χ4v) is 2.12. The minimum Gasteiger partial charge on any atom is -0.492 e. The largest absolute Gasteiger partial charge is 0.492 e. The van der Waals surface area contributed by atoms with E-state index in [-0.39, 0.29) is 0 Å². The minimum atomic E-state index is 0.468. The molecule has 2 heteroatoms. The first kappa shape index (κ1) is 15.0. The van der Waals surface area contributed by atoms with Crippen LogP contribution in [0.15, 0.2) is 24.3 Å². The van der Waals surface area contributed by atoms with Crippen LogP contribution in [0.4, 0.5) is 0 Å². The Balaban J connectivity index is 2.41. The van der Waals surface area contributed by atoms with Crippen molar-refractivity contribution in [1.29, 1.82) is 0 Å². The number of likely N-dealkylation sites (N-methyl/N-ethyl adjacent to an activating group) is 1. The van der Waals surface area contributed by atoms with Crippen molar-refractivity contribution in [2.75, 3.05) is 13.2 Å². The van der Waals surface area contributed by atoms with Crippen LogP contribution in [0.1, 0.15) is 45.6 Å².